The van der Waals surface area contributed by atoms with Gasteiger partial charge in [-0.15, -0.1) is 0 Å². The summed E-state index contributed by atoms with van der Waals surface area (Å²) < 4.78 is 13.1. The Labute approximate surface area is 187 Å². The second-order valence-corrected chi connectivity index (χ2v) is 8.13. The Morgan fingerprint density at radius 2 is 1.72 bits per heavy atom. The lowest BCUT2D eigenvalue weighted by atomic mass is 9.93. The molecule has 1 aliphatic rings. The van der Waals surface area contributed by atoms with Gasteiger partial charge in [-0.25, -0.2) is 4.39 Å². The summed E-state index contributed by atoms with van der Waals surface area (Å²) in [6.07, 6.45) is 1.25. The second kappa shape index (κ2) is 9.75. The molecule has 164 valence electrons. The molecule has 0 aromatic heterocycles. The van der Waals surface area contributed by atoms with Crippen LogP contribution in [0, 0.1) is 5.82 Å². The van der Waals surface area contributed by atoms with Crippen LogP contribution in [-0.4, -0.2) is 29.3 Å². The molecular weight excluding hydrogens is 405 g/mol. The Morgan fingerprint density at radius 3 is 2.47 bits per heavy atom. The maximum Gasteiger partial charge on any atom is 0.248 e. The van der Waals surface area contributed by atoms with Gasteiger partial charge in [-0.1, -0.05) is 48.5 Å². The standard InChI is InChI=1S/C26H26FN3O2/c27-23-10-8-18(9-11-23)12-13-29-26(32)24-15-20-5-1-2-6-22(20)17-30(24)16-19-4-3-7-21(14-19)25(28)31/h1-11,14,24H,12-13,15-17H2,(H2,28,31)(H,29,32)/t24-/m1/s1. The molecule has 0 unspecified atom stereocenters. The summed E-state index contributed by atoms with van der Waals surface area (Å²) in [5, 5.41) is 3.04. The molecule has 6 heteroatoms. The van der Waals surface area contributed by atoms with Crippen LogP contribution in [-0.2, 0) is 30.7 Å². The molecule has 1 atom stereocenters. The highest BCUT2D eigenvalue weighted by molar-refractivity contribution is 5.92. The molecule has 0 saturated heterocycles. The molecule has 0 radical (unpaired) electrons. The molecule has 0 bridgehead atoms. The molecule has 1 heterocycles. The van der Waals surface area contributed by atoms with E-state index in [2.05, 4.69) is 22.3 Å². The van der Waals surface area contributed by atoms with Crippen molar-refractivity contribution in [2.75, 3.05) is 6.54 Å². The van der Waals surface area contributed by atoms with E-state index in [1.807, 2.05) is 24.3 Å². The number of fused-ring (bicyclic) bond motifs is 1. The minimum absolute atomic E-state index is 0.0346. The minimum Gasteiger partial charge on any atom is -0.366 e. The van der Waals surface area contributed by atoms with Crippen molar-refractivity contribution >= 4 is 11.8 Å². The summed E-state index contributed by atoms with van der Waals surface area (Å²) >= 11 is 0. The predicted octanol–water partition coefficient (Wildman–Crippen LogP) is 3.21. The fourth-order valence-electron chi connectivity index (χ4n) is 4.16. The first-order chi connectivity index (χ1) is 15.5. The van der Waals surface area contributed by atoms with E-state index in [4.69, 9.17) is 5.73 Å². The number of rotatable bonds is 7. The van der Waals surface area contributed by atoms with Crippen LogP contribution in [0.25, 0.3) is 0 Å². The largest absolute Gasteiger partial charge is 0.366 e. The van der Waals surface area contributed by atoms with Crippen LogP contribution in [0.5, 0.6) is 0 Å². The Balaban J connectivity index is 1.48. The first-order valence-corrected chi connectivity index (χ1v) is 10.7. The smallest absolute Gasteiger partial charge is 0.248 e. The SMILES string of the molecule is NC(=O)c1cccc(CN2Cc3ccccc3C[C@@H]2C(=O)NCCc2ccc(F)cc2)c1. The number of nitrogens with zero attached hydrogens (tertiary/aromatic N) is 1. The van der Waals surface area contributed by atoms with Gasteiger partial charge < -0.3 is 11.1 Å². The first kappa shape index (κ1) is 21.7. The number of hydrogen-bond acceptors (Lipinski definition) is 3. The highest BCUT2D eigenvalue weighted by atomic mass is 19.1. The Bertz CT molecular complexity index is 1110. The van der Waals surface area contributed by atoms with Crippen LogP contribution in [0.3, 0.4) is 0 Å². The van der Waals surface area contributed by atoms with E-state index in [-0.39, 0.29) is 17.8 Å². The molecule has 1 aliphatic heterocycles. The van der Waals surface area contributed by atoms with Gasteiger partial charge in [0.2, 0.25) is 11.8 Å². The van der Waals surface area contributed by atoms with Gasteiger partial charge in [0.25, 0.3) is 0 Å². The average molecular weight is 432 g/mol. The maximum absolute atomic E-state index is 13.1. The van der Waals surface area contributed by atoms with Crippen molar-refractivity contribution in [2.24, 2.45) is 5.73 Å². The third-order valence-electron chi connectivity index (χ3n) is 5.87. The highest BCUT2D eigenvalue weighted by Gasteiger charge is 2.31. The number of amides is 2. The van der Waals surface area contributed by atoms with E-state index in [1.165, 1.54) is 23.3 Å². The summed E-state index contributed by atoms with van der Waals surface area (Å²) in [4.78, 5) is 26.8. The van der Waals surface area contributed by atoms with Crippen molar-refractivity contribution in [2.45, 2.75) is 32.0 Å². The monoisotopic (exact) mass is 431 g/mol. The topological polar surface area (TPSA) is 75.4 Å². The number of hydrogen-bond donors (Lipinski definition) is 2. The van der Waals surface area contributed by atoms with Crippen molar-refractivity contribution in [1.29, 1.82) is 0 Å². The predicted molar refractivity (Wildman–Crippen MR) is 121 cm³/mol. The van der Waals surface area contributed by atoms with Gasteiger partial charge in [-0.3, -0.25) is 14.5 Å². The zero-order valence-corrected chi connectivity index (χ0v) is 17.8. The maximum atomic E-state index is 13.1. The quantitative estimate of drug-likeness (QED) is 0.603. The summed E-state index contributed by atoms with van der Waals surface area (Å²) in [7, 11) is 0. The van der Waals surface area contributed by atoms with Gasteiger partial charge in [0.1, 0.15) is 5.82 Å². The summed E-state index contributed by atoms with van der Waals surface area (Å²) in [5.74, 6) is -0.770. The number of primary amides is 1. The van der Waals surface area contributed by atoms with Crippen LogP contribution in [0.4, 0.5) is 4.39 Å². The molecule has 0 aliphatic carbocycles. The minimum atomic E-state index is -0.467. The van der Waals surface area contributed by atoms with Crippen molar-refractivity contribution in [3.8, 4) is 0 Å². The van der Waals surface area contributed by atoms with Crippen molar-refractivity contribution < 1.29 is 14.0 Å². The molecule has 0 fully saturated rings. The Kier molecular flexibility index (Phi) is 6.61. The third kappa shape index (κ3) is 5.21. The number of carbonyl (C=O) groups excluding carboxylic acids is 2. The highest BCUT2D eigenvalue weighted by Crippen LogP contribution is 2.25. The van der Waals surface area contributed by atoms with Crippen molar-refractivity contribution in [3.05, 3.63) is 106 Å². The van der Waals surface area contributed by atoms with Gasteiger partial charge in [-0.2, -0.15) is 0 Å². The molecule has 5 nitrogen and oxygen atoms in total. The fourth-order valence-corrected chi connectivity index (χ4v) is 4.16. The number of carbonyl (C=O) groups is 2. The van der Waals surface area contributed by atoms with E-state index in [0.717, 1.165) is 11.1 Å². The number of halogens is 1. The molecular formula is C26H26FN3O2. The lowest BCUT2D eigenvalue weighted by Gasteiger charge is -2.36. The van der Waals surface area contributed by atoms with E-state index in [0.29, 0.717) is 38.0 Å². The summed E-state index contributed by atoms with van der Waals surface area (Å²) in [6.45, 7) is 1.66. The molecule has 3 aromatic rings. The first-order valence-electron chi connectivity index (χ1n) is 10.7. The Hall–Kier alpha value is -3.51. The molecule has 0 spiro atoms. The van der Waals surface area contributed by atoms with Crippen LogP contribution in [0.1, 0.15) is 32.6 Å². The van der Waals surface area contributed by atoms with E-state index in [1.54, 1.807) is 24.3 Å². The molecule has 4 rings (SSSR count). The van der Waals surface area contributed by atoms with Gasteiger partial charge in [0, 0.05) is 25.2 Å². The molecule has 3 N–H and O–H groups in total. The van der Waals surface area contributed by atoms with E-state index < -0.39 is 5.91 Å². The average Bonchev–Trinajstić information content (AvgIpc) is 2.80. The van der Waals surface area contributed by atoms with Gasteiger partial charge in [0.05, 0.1) is 6.04 Å². The molecule has 0 saturated carbocycles. The van der Waals surface area contributed by atoms with E-state index in [9.17, 15) is 14.0 Å². The second-order valence-electron chi connectivity index (χ2n) is 8.13. The van der Waals surface area contributed by atoms with Crippen molar-refractivity contribution in [1.82, 2.24) is 10.2 Å². The van der Waals surface area contributed by atoms with E-state index >= 15 is 0 Å². The summed E-state index contributed by atoms with van der Waals surface area (Å²) in [6, 6.07) is 21.4. The normalized spacial score (nSPS) is 15.7. The van der Waals surface area contributed by atoms with Crippen LogP contribution in [0.2, 0.25) is 0 Å². The lowest BCUT2D eigenvalue weighted by Crippen LogP contribution is -2.50. The summed E-state index contributed by atoms with van der Waals surface area (Å²) in [5.41, 5.74) is 10.2. The van der Waals surface area contributed by atoms with Crippen LogP contribution in [0.15, 0.2) is 72.8 Å². The van der Waals surface area contributed by atoms with Crippen LogP contribution < -0.4 is 11.1 Å². The van der Waals surface area contributed by atoms with Crippen molar-refractivity contribution in [3.63, 3.8) is 0 Å². The Morgan fingerprint density at radius 1 is 0.969 bits per heavy atom. The molecule has 2 amide bonds. The van der Waals surface area contributed by atoms with Gasteiger partial charge >= 0.3 is 0 Å². The lowest BCUT2D eigenvalue weighted by molar-refractivity contribution is -0.127. The molecule has 32 heavy (non-hydrogen) atoms. The fraction of sp³-hybridized carbons (Fsp3) is 0.231. The number of nitrogens with one attached hydrogen (secondary N) is 1. The third-order valence-corrected chi connectivity index (χ3v) is 5.87. The number of nitrogens with two attached hydrogens (primary N) is 1. The van der Waals surface area contributed by atoms with Gasteiger partial charge in [-0.05, 0) is 59.4 Å². The zero-order chi connectivity index (χ0) is 22.5. The van der Waals surface area contributed by atoms with Gasteiger partial charge in [0.15, 0.2) is 0 Å². The zero-order valence-electron chi connectivity index (χ0n) is 17.8. The number of benzene rings is 3. The van der Waals surface area contributed by atoms with Crippen LogP contribution >= 0.6 is 0 Å². The molecule has 3 aromatic carbocycles.